The van der Waals surface area contributed by atoms with Crippen LogP contribution in [0.15, 0.2) is 206 Å². The van der Waals surface area contributed by atoms with Crippen LogP contribution in [0.25, 0.3) is 56.2 Å². The van der Waals surface area contributed by atoms with Crippen molar-refractivity contribution in [2.45, 2.75) is 11.3 Å². The molecular weight excluding hydrogens is 681 g/mol. The van der Waals surface area contributed by atoms with Crippen molar-refractivity contribution in [3.8, 4) is 67.7 Å². The topological polar surface area (TPSA) is 35.0 Å². The molecule has 0 radical (unpaired) electrons. The minimum absolute atomic E-state index is 0.194. The van der Waals surface area contributed by atoms with Gasteiger partial charge in [-0.3, -0.25) is 0 Å². The molecule has 8 aromatic rings. The third kappa shape index (κ3) is 4.98. The molecule has 0 saturated heterocycles. The standard InChI is InChI=1S/C53H36N2O/c1-3-17-35(18-4-1)37-21-15-22-38(33-37)49-34-48(36-19-5-2-6-20-36)54-52(55-49)43-26-8-7-23-39(43)42-27-16-31-47-51(42)56-50-32-14-13-30-46(50)53(47)44-28-11-9-24-40(44)41-25-10-12-29-45(41)53/h1-34,40,44H. The van der Waals surface area contributed by atoms with E-state index in [4.69, 9.17) is 14.7 Å². The number of hydrogen-bond acceptors (Lipinski definition) is 3. The monoisotopic (exact) mass is 716 g/mol. The Hall–Kier alpha value is -7.10. The van der Waals surface area contributed by atoms with Crippen LogP contribution < -0.4 is 4.74 Å². The van der Waals surface area contributed by atoms with Crippen LogP contribution in [0.2, 0.25) is 0 Å². The Morgan fingerprint density at radius 1 is 0.429 bits per heavy atom. The van der Waals surface area contributed by atoms with Gasteiger partial charge in [-0.1, -0.05) is 188 Å². The fraction of sp³-hybridized carbons (Fsp3) is 0.0566. The van der Waals surface area contributed by atoms with Crippen molar-refractivity contribution in [3.63, 3.8) is 0 Å². The van der Waals surface area contributed by atoms with E-state index >= 15 is 0 Å². The fourth-order valence-electron chi connectivity index (χ4n) is 9.47. The Kier molecular flexibility index (Phi) is 7.53. The van der Waals surface area contributed by atoms with Crippen LogP contribution in [0.1, 0.15) is 28.2 Å². The van der Waals surface area contributed by atoms with E-state index in [2.05, 4.69) is 200 Å². The van der Waals surface area contributed by atoms with E-state index in [9.17, 15) is 0 Å². The molecule has 2 aliphatic carbocycles. The smallest absolute Gasteiger partial charge is 0.161 e. The number of fused-ring (bicyclic) bond motifs is 9. The van der Waals surface area contributed by atoms with Crippen LogP contribution in [0.3, 0.4) is 0 Å². The van der Waals surface area contributed by atoms with E-state index in [1.54, 1.807) is 0 Å². The summed E-state index contributed by atoms with van der Waals surface area (Å²) in [6.45, 7) is 0. The molecule has 1 aromatic heterocycles. The Labute approximate surface area is 327 Å². The summed E-state index contributed by atoms with van der Waals surface area (Å²) in [6, 6.07) is 64.4. The third-order valence-corrected chi connectivity index (χ3v) is 11.9. The average molecular weight is 717 g/mol. The van der Waals surface area contributed by atoms with E-state index in [-0.39, 0.29) is 11.8 Å². The molecule has 11 rings (SSSR count). The maximum Gasteiger partial charge on any atom is 0.161 e. The highest BCUT2D eigenvalue weighted by Crippen LogP contribution is 2.65. The van der Waals surface area contributed by atoms with Crippen LogP contribution in [-0.2, 0) is 5.41 Å². The molecule has 56 heavy (non-hydrogen) atoms. The van der Waals surface area contributed by atoms with E-state index in [0.717, 1.165) is 56.3 Å². The molecule has 3 nitrogen and oxygen atoms in total. The van der Waals surface area contributed by atoms with E-state index in [1.807, 2.05) is 6.07 Å². The van der Waals surface area contributed by atoms with Crippen LogP contribution >= 0.6 is 0 Å². The van der Waals surface area contributed by atoms with Gasteiger partial charge in [0.25, 0.3) is 0 Å². The van der Waals surface area contributed by atoms with Crippen LogP contribution in [0.5, 0.6) is 11.5 Å². The minimum Gasteiger partial charge on any atom is -0.456 e. The molecule has 3 heteroatoms. The Bertz CT molecular complexity index is 2860. The zero-order valence-corrected chi connectivity index (χ0v) is 30.6. The summed E-state index contributed by atoms with van der Waals surface area (Å²) >= 11 is 0. The maximum atomic E-state index is 7.09. The number of aromatic nitrogens is 2. The summed E-state index contributed by atoms with van der Waals surface area (Å²) in [5.41, 5.74) is 13.8. The van der Waals surface area contributed by atoms with Gasteiger partial charge in [-0.05, 0) is 46.0 Å². The van der Waals surface area contributed by atoms with E-state index < -0.39 is 5.41 Å². The Balaban J connectivity index is 1.12. The first kappa shape index (κ1) is 32.3. The normalized spacial score (nSPS) is 18.4. The molecule has 1 spiro atoms. The number of allylic oxidation sites excluding steroid dienone is 4. The van der Waals surface area contributed by atoms with Gasteiger partial charge in [-0.2, -0.15) is 0 Å². The summed E-state index contributed by atoms with van der Waals surface area (Å²) in [5, 5.41) is 0. The maximum absolute atomic E-state index is 7.09. The zero-order valence-electron chi connectivity index (χ0n) is 30.6. The largest absolute Gasteiger partial charge is 0.456 e. The van der Waals surface area contributed by atoms with Crippen molar-refractivity contribution in [2.24, 2.45) is 5.92 Å². The number of hydrogen-bond donors (Lipinski definition) is 0. The molecule has 7 aromatic carbocycles. The molecule has 3 aliphatic rings. The first-order valence-corrected chi connectivity index (χ1v) is 19.3. The van der Waals surface area contributed by atoms with Crippen molar-refractivity contribution >= 4 is 0 Å². The predicted octanol–water partition coefficient (Wildman–Crippen LogP) is 13.1. The summed E-state index contributed by atoms with van der Waals surface area (Å²) in [7, 11) is 0. The molecular formula is C53H36N2O. The van der Waals surface area contributed by atoms with Gasteiger partial charge < -0.3 is 4.74 Å². The Morgan fingerprint density at radius 2 is 1.02 bits per heavy atom. The van der Waals surface area contributed by atoms with Gasteiger partial charge in [0.05, 0.1) is 16.8 Å². The highest BCUT2D eigenvalue weighted by atomic mass is 16.5. The van der Waals surface area contributed by atoms with Crippen molar-refractivity contribution in [1.29, 1.82) is 0 Å². The van der Waals surface area contributed by atoms with Gasteiger partial charge in [0.1, 0.15) is 11.5 Å². The van der Waals surface area contributed by atoms with Crippen LogP contribution in [-0.4, -0.2) is 9.97 Å². The van der Waals surface area contributed by atoms with Crippen molar-refractivity contribution in [1.82, 2.24) is 9.97 Å². The summed E-state index contributed by atoms with van der Waals surface area (Å²) in [4.78, 5) is 10.7. The van der Waals surface area contributed by atoms with Gasteiger partial charge in [0.15, 0.2) is 5.82 Å². The van der Waals surface area contributed by atoms with Crippen molar-refractivity contribution in [3.05, 3.63) is 229 Å². The number of ether oxygens (including phenoxy) is 1. The molecule has 264 valence electrons. The number of benzene rings is 7. The fourth-order valence-corrected chi connectivity index (χ4v) is 9.47. The number of para-hydroxylation sites is 2. The molecule has 2 heterocycles. The molecule has 0 fully saturated rings. The summed E-state index contributed by atoms with van der Waals surface area (Å²) < 4.78 is 7.09. The lowest BCUT2D eigenvalue weighted by molar-refractivity contribution is 0.375. The molecule has 0 bridgehead atoms. The Morgan fingerprint density at radius 3 is 1.86 bits per heavy atom. The molecule has 0 N–H and O–H groups in total. The van der Waals surface area contributed by atoms with E-state index in [0.29, 0.717) is 5.82 Å². The van der Waals surface area contributed by atoms with Crippen LogP contribution in [0.4, 0.5) is 0 Å². The summed E-state index contributed by atoms with van der Waals surface area (Å²) in [6.07, 6.45) is 9.20. The highest BCUT2D eigenvalue weighted by molar-refractivity contribution is 5.88. The SMILES string of the molecule is C1=CC2c3ccccc3C3(c4ccccc4Oc4c(-c5ccccc5-c5nc(-c6ccccc6)cc(-c6cccc(-c7ccccc7)c6)n5)cccc43)C2C=C1. The lowest BCUT2D eigenvalue weighted by atomic mass is 9.61. The average Bonchev–Trinajstić information content (AvgIpc) is 3.57. The third-order valence-electron chi connectivity index (χ3n) is 11.9. The van der Waals surface area contributed by atoms with Crippen LogP contribution in [0, 0.1) is 5.92 Å². The minimum atomic E-state index is -0.432. The molecule has 0 saturated carbocycles. The molecule has 1 aliphatic heterocycles. The molecule has 3 unspecified atom stereocenters. The second-order valence-electron chi connectivity index (χ2n) is 14.8. The number of nitrogens with zero attached hydrogens (tertiary/aromatic N) is 2. The van der Waals surface area contributed by atoms with Gasteiger partial charge in [0.2, 0.25) is 0 Å². The van der Waals surface area contributed by atoms with Gasteiger partial charge in [-0.25, -0.2) is 9.97 Å². The molecule has 0 amide bonds. The van der Waals surface area contributed by atoms with Crippen molar-refractivity contribution < 1.29 is 4.74 Å². The molecule has 3 atom stereocenters. The summed E-state index contributed by atoms with van der Waals surface area (Å²) in [5.74, 6) is 2.90. The van der Waals surface area contributed by atoms with Gasteiger partial charge >= 0.3 is 0 Å². The first-order chi connectivity index (χ1) is 27.8. The van der Waals surface area contributed by atoms with Gasteiger partial charge in [-0.15, -0.1) is 0 Å². The number of rotatable bonds is 5. The highest BCUT2D eigenvalue weighted by Gasteiger charge is 2.56. The predicted molar refractivity (Wildman–Crippen MR) is 227 cm³/mol. The second-order valence-corrected chi connectivity index (χ2v) is 14.8. The van der Waals surface area contributed by atoms with Crippen molar-refractivity contribution in [2.75, 3.05) is 0 Å². The van der Waals surface area contributed by atoms with Gasteiger partial charge in [0, 0.05) is 45.2 Å². The second kappa shape index (κ2) is 13.0. The lowest BCUT2D eigenvalue weighted by Crippen LogP contribution is -2.37. The first-order valence-electron chi connectivity index (χ1n) is 19.3. The van der Waals surface area contributed by atoms with E-state index in [1.165, 1.54) is 27.8 Å². The lowest BCUT2D eigenvalue weighted by Gasteiger charge is -2.43. The quantitative estimate of drug-likeness (QED) is 0.178. The zero-order chi connectivity index (χ0) is 37.1.